The molecule has 0 radical (unpaired) electrons. The van der Waals surface area contributed by atoms with Crippen LogP contribution in [0.5, 0.6) is 0 Å². The van der Waals surface area contributed by atoms with Gasteiger partial charge < -0.3 is 10.0 Å². The molecular weight excluding hydrogens is 242 g/mol. The van der Waals surface area contributed by atoms with Crippen LogP contribution in [-0.4, -0.2) is 82.4 Å². The van der Waals surface area contributed by atoms with Crippen LogP contribution >= 0.6 is 24.0 Å². The van der Waals surface area contributed by atoms with Crippen molar-refractivity contribution in [1.29, 1.82) is 0 Å². The zero-order chi connectivity index (χ0) is 11.4. The second-order valence-electron chi connectivity index (χ2n) is 4.20. The highest BCUT2D eigenvalue weighted by Gasteiger charge is 2.22. The molecular formula is C10H19N3OS2. The van der Waals surface area contributed by atoms with E-state index in [0.717, 1.165) is 56.0 Å². The summed E-state index contributed by atoms with van der Waals surface area (Å²) in [5, 5.41) is 8.87. The lowest BCUT2D eigenvalue weighted by atomic mass is 10.3. The predicted molar refractivity (Wildman–Crippen MR) is 71.7 cm³/mol. The highest BCUT2D eigenvalue weighted by Crippen LogP contribution is 2.18. The van der Waals surface area contributed by atoms with Crippen molar-refractivity contribution in [2.45, 2.75) is 0 Å². The fourth-order valence-electron chi connectivity index (χ4n) is 2.09. The van der Waals surface area contributed by atoms with Crippen LogP contribution in [0.15, 0.2) is 0 Å². The van der Waals surface area contributed by atoms with Crippen molar-refractivity contribution in [2.24, 2.45) is 0 Å². The van der Waals surface area contributed by atoms with Crippen molar-refractivity contribution in [3.63, 3.8) is 0 Å². The lowest BCUT2D eigenvalue weighted by Crippen LogP contribution is -2.50. The molecule has 0 bridgehead atoms. The Hall–Kier alpha value is 0.120. The summed E-state index contributed by atoms with van der Waals surface area (Å²) in [6.07, 6.45) is 0. The Bertz CT molecular complexity index is 244. The molecule has 4 nitrogen and oxygen atoms in total. The Labute approximate surface area is 107 Å². The SMILES string of the molecule is OCCN1CCN(CN2CCSC2=S)CC1. The van der Waals surface area contributed by atoms with Gasteiger partial charge in [-0.1, -0.05) is 24.0 Å². The molecule has 0 aliphatic carbocycles. The van der Waals surface area contributed by atoms with Gasteiger partial charge in [-0.15, -0.1) is 0 Å². The molecule has 0 aromatic heterocycles. The number of aliphatic hydroxyl groups excluding tert-OH is 1. The van der Waals surface area contributed by atoms with Crippen LogP contribution in [0.3, 0.4) is 0 Å². The van der Waals surface area contributed by atoms with Crippen molar-refractivity contribution in [3.05, 3.63) is 0 Å². The Morgan fingerprint density at radius 3 is 2.38 bits per heavy atom. The summed E-state index contributed by atoms with van der Waals surface area (Å²) in [4.78, 5) is 7.06. The van der Waals surface area contributed by atoms with Crippen molar-refractivity contribution in [1.82, 2.24) is 14.7 Å². The monoisotopic (exact) mass is 261 g/mol. The summed E-state index contributed by atoms with van der Waals surface area (Å²) in [6, 6.07) is 0. The number of aliphatic hydroxyl groups is 1. The predicted octanol–water partition coefficient (Wildman–Crippen LogP) is -0.112. The summed E-state index contributed by atoms with van der Waals surface area (Å²) in [7, 11) is 0. The summed E-state index contributed by atoms with van der Waals surface area (Å²) in [5.74, 6) is 1.14. The zero-order valence-electron chi connectivity index (χ0n) is 9.47. The first-order chi connectivity index (χ1) is 7.79. The van der Waals surface area contributed by atoms with E-state index in [-0.39, 0.29) is 6.61 Å². The van der Waals surface area contributed by atoms with Gasteiger partial charge in [0.25, 0.3) is 0 Å². The number of thioether (sulfide) groups is 1. The largest absolute Gasteiger partial charge is 0.395 e. The van der Waals surface area contributed by atoms with Gasteiger partial charge in [0.1, 0.15) is 4.32 Å². The van der Waals surface area contributed by atoms with E-state index in [2.05, 4.69) is 14.7 Å². The van der Waals surface area contributed by atoms with Gasteiger partial charge in [-0.25, -0.2) is 0 Å². The molecule has 16 heavy (non-hydrogen) atoms. The van der Waals surface area contributed by atoms with Gasteiger partial charge >= 0.3 is 0 Å². The highest BCUT2D eigenvalue weighted by molar-refractivity contribution is 8.23. The molecule has 0 unspecified atom stereocenters. The Morgan fingerprint density at radius 2 is 1.81 bits per heavy atom. The average molecular weight is 261 g/mol. The Balaban J connectivity index is 1.70. The molecule has 0 saturated carbocycles. The maximum absolute atomic E-state index is 8.87. The number of rotatable bonds is 4. The topological polar surface area (TPSA) is 30.0 Å². The average Bonchev–Trinajstić information content (AvgIpc) is 2.68. The van der Waals surface area contributed by atoms with Crippen LogP contribution in [0.4, 0.5) is 0 Å². The third-order valence-electron chi connectivity index (χ3n) is 3.10. The molecule has 0 amide bonds. The molecule has 2 aliphatic rings. The van der Waals surface area contributed by atoms with Crippen LogP contribution in [0.25, 0.3) is 0 Å². The summed E-state index contributed by atoms with van der Waals surface area (Å²) < 4.78 is 1.05. The summed E-state index contributed by atoms with van der Waals surface area (Å²) in [6.45, 7) is 7.47. The second-order valence-corrected chi connectivity index (χ2v) is 5.93. The number of thiocarbonyl (C=S) groups is 1. The lowest BCUT2D eigenvalue weighted by molar-refractivity contribution is 0.0901. The molecule has 2 rings (SSSR count). The maximum atomic E-state index is 8.87. The molecule has 6 heteroatoms. The van der Waals surface area contributed by atoms with Crippen molar-refractivity contribution < 1.29 is 5.11 Å². The zero-order valence-corrected chi connectivity index (χ0v) is 11.1. The molecule has 0 atom stereocenters. The quantitative estimate of drug-likeness (QED) is 0.710. The van der Waals surface area contributed by atoms with E-state index in [1.54, 1.807) is 11.8 Å². The maximum Gasteiger partial charge on any atom is 0.137 e. The molecule has 2 saturated heterocycles. The molecule has 2 heterocycles. The van der Waals surface area contributed by atoms with E-state index in [4.69, 9.17) is 17.3 Å². The van der Waals surface area contributed by atoms with E-state index in [0.29, 0.717) is 0 Å². The van der Waals surface area contributed by atoms with E-state index < -0.39 is 0 Å². The number of nitrogens with zero attached hydrogens (tertiary/aromatic N) is 3. The van der Waals surface area contributed by atoms with Crippen molar-refractivity contribution in [2.75, 3.05) is 58.3 Å². The van der Waals surface area contributed by atoms with Gasteiger partial charge in [0.05, 0.1) is 13.3 Å². The minimum Gasteiger partial charge on any atom is -0.395 e. The third kappa shape index (κ3) is 3.30. The summed E-state index contributed by atoms with van der Waals surface area (Å²) in [5.41, 5.74) is 0. The number of hydrogen-bond acceptors (Lipinski definition) is 5. The van der Waals surface area contributed by atoms with Gasteiger partial charge in [0.15, 0.2) is 0 Å². The van der Waals surface area contributed by atoms with Gasteiger partial charge in [-0.2, -0.15) is 0 Å². The molecule has 1 N–H and O–H groups in total. The normalized spacial score (nSPS) is 24.3. The standard InChI is InChI=1S/C10H19N3OS2/c14-7-5-11-1-3-12(4-2-11)9-13-6-8-16-10(13)15/h14H,1-9H2. The number of β-amino-alcohol motifs (C(OH)–C–C–N with tert-alkyl or cyclic N) is 1. The Kier molecular flexibility index (Phi) is 4.84. The molecule has 2 fully saturated rings. The minimum atomic E-state index is 0.271. The number of piperazine rings is 1. The molecule has 0 aromatic carbocycles. The molecule has 0 spiro atoms. The smallest absolute Gasteiger partial charge is 0.137 e. The Morgan fingerprint density at radius 1 is 1.12 bits per heavy atom. The fraction of sp³-hybridized carbons (Fsp3) is 0.900. The molecule has 92 valence electrons. The van der Waals surface area contributed by atoms with Gasteiger partial charge in [-0.05, 0) is 0 Å². The van der Waals surface area contributed by atoms with Crippen LogP contribution in [0.2, 0.25) is 0 Å². The molecule has 0 aromatic rings. The first kappa shape index (κ1) is 12.6. The van der Waals surface area contributed by atoms with Crippen LogP contribution < -0.4 is 0 Å². The van der Waals surface area contributed by atoms with Gasteiger partial charge in [0.2, 0.25) is 0 Å². The summed E-state index contributed by atoms with van der Waals surface area (Å²) >= 11 is 7.08. The van der Waals surface area contributed by atoms with E-state index in [1.165, 1.54) is 0 Å². The van der Waals surface area contributed by atoms with Gasteiger partial charge in [-0.3, -0.25) is 9.80 Å². The van der Waals surface area contributed by atoms with Crippen molar-refractivity contribution >= 4 is 28.3 Å². The third-order valence-corrected chi connectivity index (χ3v) is 4.60. The number of hydrogen-bond donors (Lipinski definition) is 1. The van der Waals surface area contributed by atoms with Crippen LogP contribution in [0, 0.1) is 0 Å². The highest BCUT2D eigenvalue weighted by atomic mass is 32.2. The van der Waals surface area contributed by atoms with Gasteiger partial charge in [0, 0.05) is 45.0 Å². The van der Waals surface area contributed by atoms with E-state index in [9.17, 15) is 0 Å². The first-order valence-corrected chi connectivity index (χ1v) is 7.16. The van der Waals surface area contributed by atoms with E-state index >= 15 is 0 Å². The second kappa shape index (κ2) is 6.16. The minimum absolute atomic E-state index is 0.271. The molecule has 2 aliphatic heterocycles. The fourth-order valence-corrected chi connectivity index (χ4v) is 3.31. The van der Waals surface area contributed by atoms with Crippen LogP contribution in [-0.2, 0) is 0 Å². The van der Waals surface area contributed by atoms with Crippen molar-refractivity contribution in [3.8, 4) is 0 Å². The van der Waals surface area contributed by atoms with Crippen LogP contribution in [0.1, 0.15) is 0 Å². The van der Waals surface area contributed by atoms with E-state index in [1.807, 2.05) is 0 Å². The first-order valence-electron chi connectivity index (χ1n) is 5.77. The lowest BCUT2D eigenvalue weighted by Gasteiger charge is -2.36.